The summed E-state index contributed by atoms with van der Waals surface area (Å²) in [5.74, 6) is 1.48. The first-order valence-corrected chi connectivity index (χ1v) is 8.65. The van der Waals surface area contributed by atoms with Crippen LogP contribution in [-0.4, -0.2) is 19.2 Å². The zero-order valence-electron chi connectivity index (χ0n) is 14.9. The van der Waals surface area contributed by atoms with Crippen molar-refractivity contribution in [3.05, 3.63) is 35.9 Å². The molecule has 23 heavy (non-hydrogen) atoms. The van der Waals surface area contributed by atoms with E-state index in [1.54, 1.807) is 0 Å². The van der Waals surface area contributed by atoms with E-state index in [9.17, 15) is 4.79 Å². The molecule has 3 nitrogen and oxygen atoms in total. The van der Waals surface area contributed by atoms with Crippen LogP contribution in [0, 0.1) is 23.2 Å². The molecule has 1 aliphatic rings. The molecule has 0 spiro atoms. The van der Waals surface area contributed by atoms with Crippen molar-refractivity contribution in [1.29, 1.82) is 0 Å². The Labute approximate surface area is 140 Å². The van der Waals surface area contributed by atoms with Gasteiger partial charge >= 0.3 is 5.97 Å². The van der Waals surface area contributed by atoms with E-state index in [1.165, 1.54) is 5.56 Å². The summed E-state index contributed by atoms with van der Waals surface area (Å²) in [5, 5.41) is 0. The quantitative estimate of drug-likeness (QED) is 0.727. The van der Waals surface area contributed by atoms with Gasteiger partial charge in [0.2, 0.25) is 0 Å². The Morgan fingerprint density at radius 1 is 1.09 bits per heavy atom. The summed E-state index contributed by atoms with van der Waals surface area (Å²) in [7, 11) is 0. The molecule has 2 rings (SSSR count). The van der Waals surface area contributed by atoms with Crippen molar-refractivity contribution in [2.75, 3.05) is 13.2 Å². The third-order valence-corrected chi connectivity index (χ3v) is 4.56. The van der Waals surface area contributed by atoms with Crippen LogP contribution in [0.5, 0.6) is 0 Å². The maximum atomic E-state index is 12.0. The van der Waals surface area contributed by atoms with Crippen LogP contribution in [-0.2, 0) is 20.9 Å². The predicted octanol–water partition coefficient (Wildman–Crippen LogP) is 4.45. The maximum Gasteiger partial charge on any atom is 0.311 e. The second kappa shape index (κ2) is 7.96. The van der Waals surface area contributed by atoms with Gasteiger partial charge in [0, 0.05) is 0 Å². The van der Waals surface area contributed by atoms with Crippen LogP contribution in [0.3, 0.4) is 0 Å². The highest BCUT2D eigenvalue weighted by atomic mass is 16.5. The molecule has 0 N–H and O–H groups in total. The molecule has 128 valence electrons. The summed E-state index contributed by atoms with van der Waals surface area (Å²) < 4.78 is 11.5. The average Bonchev–Trinajstić information content (AvgIpc) is 2.85. The summed E-state index contributed by atoms with van der Waals surface area (Å²) in [6.07, 6.45) is 2.28. The summed E-state index contributed by atoms with van der Waals surface area (Å²) in [5.41, 5.74) is 0.776. The van der Waals surface area contributed by atoms with Crippen molar-refractivity contribution in [3.63, 3.8) is 0 Å². The Bertz CT molecular complexity index is 489. The Morgan fingerprint density at radius 2 is 1.70 bits per heavy atom. The molecular weight excluding hydrogens is 288 g/mol. The maximum absolute atomic E-state index is 12.0. The van der Waals surface area contributed by atoms with E-state index < -0.39 is 5.41 Å². The number of benzene rings is 1. The number of carbonyl (C=O) groups is 1. The molecular formula is C20H30O3. The minimum Gasteiger partial charge on any atom is -0.465 e. The lowest BCUT2D eigenvalue weighted by Crippen LogP contribution is -2.27. The van der Waals surface area contributed by atoms with Gasteiger partial charge in [0.25, 0.3) is 0 Å². The van der Waals surface area contributed by atoms with Crippen molar-refractivity contribution in [3.8, 4) is 0 Å². The molecule has 0 unspecified atom stereocenters. The van der Waals surface area contributed by atoms with Crippen LogP contribution in [0.2, 0.25) is 0 Å². The largest absolute Gasteiger partial charge is 0.465 e. The van der Waals surface area contributed by atoms with Gasteiger partial charge in [-0.2, -0.15) is 0 Å². The zero-order valence-corrected chi connectivity index (χ0v) is 14.9. The zero-order chi connectivity index (χ0) is 16.9. The van der Waals surface area contributed by atoms with Crippen LogP contribution in [0.1, 0.15) is 46.1 Å². The van der Waals surface area contributed by atoms with Crippen LogP contribution in [0.15, 0.2) is 30.3 Å². The van der Waals surface area contributed by atoms with Gasteiger partial charge in [-0.25, -0.2) is 0 Å². The Balaban J connectivity index is 1.78. The standard InChI is InChI=1S/C20H30O3/c1-15-10-17(13-22-12-16-8-6-5-7-9-16)18(11-15)14-23-19(21)20(2,3)4/h5-9,15,17-18H,10-14H2,1-4H3/t15-,17-,18-/m1/s1. The smallest absolute Gasteiger partial charge is 0.311 e. The molecule has 0 aromatic heterocycles. The van der Waals surface area contributed by atoms with Gasteiger partial charge in [-0.05, 0) is 56.9 Å². The van der Waals surface area contributed by atoms with Crippen LogP contribution < -0.4 is 0 Å². The molecule has 3 atom stereocenters. The molecule has 0 amide bonds. The molecule has 1 aromatic rings. The summed E-state index contributed by atoms with van der Waals surface area (Å²) >= 11 is 0. The van der Waals surface area contributed by atoms with Gasteiger partial charge in [-0.1, -0.05) is 37.3 Å². The Kier molecular flexibility index (Phi) is 6.23. The minimum atomic E-state index is -0.427. The number of rotatable bonds is 6. The highest BCUT2D eigenvalue weighted by molar-refractivity contribution is 5.75. The molecule has 1 aromatic carbocycles. The van der Waals surface area contributed by atoms with Crippen LogP contribution in [0.4, 0.5) is 0 Å². The number of hydrogen-bond donors (Lipinski definition) is 0. The number of carbonyl (C=O) groups excluding carboxylic acids is 1. The molecule has 3 heteroatoms. The topological polar surface area (TPSA) is 35.5 Å². The average molecular weight is 318 g/mol. The molecule has 1 aliphatic carbocycles. The fourth-order valence-electron chi connectivity index (χ4n) is 3.22. The van der Waals surface area contributed by atoms with Gasteiger partial charge in [0.05, 0.1) is 25.2 Å². The van der Waals surface area contributed by atoms with Gasteiger partial charge in [-0.3, -0.25) is 4.79 Å². The summed E-state index contributed by atoms with van der Waals surface area (Å²) in [6, 6.07) is 10.2. The second-order valence-electron chi connectivity index (χ2n) is 7.95. The van der Waals surface area contributed by atoms with Crippen molar-refractivity contribution in [1.82, 2.24) is 0 Å². The van der Waals surface area contributed by atoms with Crippen LogP contribution >= 0.6 is 0 Å². The normalized spacial score (nSPS) is 24.6. The van der Waals surface area contributed by atoms with Crippen molar-refractivity contribution in [2.45, 2.75) is 47.1 Å². The molecule has 0 aliphatic heterocycles. The number of hydrogen-bond acceptors (Lipinski definition) is 3. The van der Waals surface area contributed by atoms with E-state index in [0.29, 0.717) is 31.0 Å². The first-order chi connectivity index (χ1) is 10.9. The van der Waals surface area contributed by atoms with Crippen molar-refractivity contribution in [2.24, 2.45) is 23.2 Å². The van der Waals surface area contributed by atoms with Gasteiger partial charge < -0.3 is 9.47 Å². The third-order valence-electron chi connectivity index (χ3n) is 4.56. The lowest BCUT2D eigenvalue weighted by Gasteiger charge is -2.22. The first kappa shape index (κ1) is 18.0. The van der Waals surface area contributed by atoms with Gasteiger partial charge in [-0.15, -0.1) is 0 Å². The Morgan fingerprint density at radius 3 is 2.30 bits per heavy atom. The lowest BCUT2D eigenvalue weighted by atomic mass is 9.96. The van der Waals surface area contributed by atoms with Crippen molar-refractivity contribution < 1.29 is 14.3 Å². The molecule has 0 heterocycles. The SMILES string of the molecule is C[C@@H]1C[C@H](COCc2ccccc2)[C@@H](COC(=O)C(C)(C)C)C1. The molecule has 0 saturated heterocycles. The van der Waals surface area contributed by atoms with Gasteiger partial charge in [0.1, 0.15) is 0 Å². The molecule has 1 fully saturated rings. The number of ether oxygens (including phenoxy) is 2. The highest BCUT2D eigenvalue weighted by Crippen LogP contribution is 2.37. The highest BCUT2D eigenvalue weighted by Gasteiger charge is 2.34. The fraction of sp³-hybridized carbons (Fsp3) is 0.650. The van der Waals surface area contributed by atoms with E-state index in [-0.39, 0.29) is 5.97 Å². The fourth-order valence-corrected chi connectivity index (χ4v) is 3.22. The predicted molar refractivity (Wildman–Crippen MR) is 91.9 cm³/mol. The molecule has 0 bridgehead atoms. The van der Waals surface area contributed by atoms with E-state index >= 15 is 0 Å². The second-order valence-corrected chi connectivity index (χ2v) is 7.95. The number of esters is 1. The molecule has 1 saturated carbocycles. The van der Waals surface area contributed by atoms with E-state index in [2.05, 4.69) is 19.1 Å². The molecule has 0 radical (unpaired) electrons. The van der Waals surface area contributed by atoms with E-state index in [1.807, 2.05) is 39.0 Å². The third kappa shape index (κ3) is 5.65. The monoisotopic (exact) mass is 318 g/mol. The summed E-state index contributed by atoms with van der Waals surface area (Å²) in [6.45, 7) is 9.89. The lowest BCUT2D eigenvalue weighted by molar-refractivity contribution is -0.155. The van der Waals surface area contributed by atoms with E-state index in [4.69, 9.17) is 9.47 Å². The minimum absolute atomic E-state index is 0.110. The van der Waals surface area contributed by atoms with Crippen molar-refractivity contribution >= 4 is 5.97 Å². The Hall–Kier alpha value is -1.35. The van der Waals surface area contributed by atoms with Crippen LogP contribution in [0.25, 0.3) is 0 Å². The summed E-state index contributed by atoms with van der Waals surface area (Å²) in [4.78, 5) is 12.0. The first-order valence-electron chi connectivity index (χ1n) is 8.65. The van der Waals surface area contributed by atoms with Gasteiger partial charge in [0.15, 0.2) is 0 Å². The van der Waals surface area contributed by atoms with E-state index in [0.717, 1.165) is 19.4 Å².